The molecule has 0 aliphatic rings. The Kier molecular flexibility index (Phi) is 5.52. The van der Waals surface area contributed by atoms with Gasteiger partial charge in [0.15, 0.2) is 0 Å². The summed E-state index contributed by atoms with van der Waals surface area (Å²) in [5, 5.41) is 3.44. The van der Waals surface area contributed by atoms with Crippen molar-refractivity contribution in [1.82, 2.24) is 5.32 Å². The van der Waals surface area contributed by atoms with Gasteiger partial charge in [0.05, 0.1) is 12.2 Å². The smallest absolute Gasteiger partial charge is 0.338 e. The third kappa shape index (κ3) is 4.17. The van der Waals surface area contributed by atoms with Crippen LogP contribution in [0.15, 0.2) is 54.6 Å². The molecule has 2 aromatic rings. The predicted molar refractivity (Wildman–Crippen MR) is 84.1 cm³/mol. The molecule has 1 unspecified atom stereocenters. The molecule has 1 atom stereocenters. The zero-order valence-electron chi connectivity index (χ0n) is 12.5. The van der Waals surface area contributed by atoms with Crippen molar-refractivity contribution < 1.29 is 9.53 Å². The molecule has 0 spiro atoms. The van der Waals surface area contributed by atoms with Crippen LogP contribution in [-0.2, 0) is 11.3 Å². The van der Waals surface area contributed by atoms with Crippen molar-refractivity contribution in [2.75, 3.05) is 6.61 Å². The van der Waals surface area contributed by atoms with Crippen LogP contribution in [0.5, 0.6) is 0 Å². The van der Waals surface area contributed by atoms with Crippen molar-refractivity contribution in [1.29, 1.82) is 0 Å². The fraction of sp³-hybridized carbons (Fsp3) is 0.278. The maximum atomic E-state index is 12.0. The van der Waals surface area contributed by atoms with E-state index in [-0.39, 0.29) is 12.0 Å². The Hall–Kier alpha value is -2.13. The molecule has 3 heteroatoms. The Bertz CT molecular complexity index is 581. The highest BCUT2D eigenvalue weighted by Crippen LogP contribution is 2.19. The molecule has 2 rings (SSSR count). The van der Waals surface area contributed by atoms with Crippen LogP contribution >= 0.6 is 0 Å². The molecular formula is C18H21NO2. The van der Waals surface area contributed by atoms with Gasteiger partial charge in [-0.05, 0) is 31.0 Å². The van der Waals surface area contributed by atoms with Gasteiger partial charge in [-0.25, -0.2) is 4.79 Å². The van der Waals surface area contributed by atoms with E-state index in [4.69, 9.17) is 4.74 Å². The Morgan fingerprint density at radius 2 is 1.76 bits per heavy atom. The van der Waals surface area contributed by atoms with E-state index in [2.05, 4.69) is 24.4 Å². The van der Waals surface area contributed by atoms with Gasteiger partial charge in [-0.1, -0.05) is 48.5 Å². The molecule has 0 heterocycles. The summed E-state index contributed by atoms with van der Waals surface area (Å²) >= 11 is 0. The van der Waals surface area contributed by atoms with E-state index >= 15 is 0 Å². The summed E-state index contributed by atoms with van der Waals surface area (Å²) in [5.41, 5.74) is 2.82. The fourth-order valence-electron chi connectivity index (χ4n) is 2.25. The highest BCUT2D eigenvalue weighted by atomic mass is 16.5. The second-order valence-corrected chi connectivity index (χ2v) is 4.90. The minimum atomic E-state index is -0.263. The summed E-state index contributed by atoms with van der Waals surface area (Å²) in [7, 11) is 0. The molecular weight excluding hydrogens is 262 g/mol. The number of carbonyl (C=O) groups is 1. The number of ether oxygens (including phenoxy) is 1. The number of hydrogen-bond acceptors (Lipinski definition) is 3. The third-order valence-corrected chi connectivity index (χ3v) is 3.38. The van der Waals surface area contributed by atoms with Crippen LogP contribution in [0.1, 0.15) is 41.4 Å². The molecule has 0 amide bonds. The largest absolute Gasteiger partial charge is 0.462 e. The van der Waals surface area contributed by atoms with Gasteiger partial charge in [0.2, 0.25) is 0 Å². The lowest BCUT2D eigenvalue weighted by Crippen LogP contribution is -2.21. The first kappa shape index (κ1) is 15.3. The van der Waals surface area contributed by atoms with E-state index in [1.54, 1.807) is 0 Å². The molecule has 2 aromatic carbocycles. The minimum Gasteiger partial charge on any atom is -0.462 e. The maximum absolute atomic E-state index is 12.0. The number of hydrogen-bond donors (Lipinski definition) is 1. The molecule has 110 valence electrons. The summed E-state index contributed by atoms with van der Waals surface area (Å²) in [6, 6.07) is 17.9. The average molecular weight is 283 g/mol. The van der Waals surface area contributed by atoms with E-state index in [9.17, 15) is 4.79 Å². The fourth-order valence-corrected chi connectivity index (χ4v) is 2.25. The molecule has 0 aliphatic heterocycles. The average Bonchev–Trinajstić information content (AvgIpc) is 2.54. The highest BCUT2D eigenvalue weighted by molar-refractivity contribution is 5.91. The van der Waals surface area contributed by atoms with Crippen LogP contribution in [-0.4, -0.2) is 12.6 Å². The van der Waals surface area contributed by atoms with Crippen LogP contribution in [0.4, 0.5) is 0 Å². The molecule has 3 nitrogen and oxygen atoms in total. The second kappa shape index (κ2) is 7.60. The van der Waals surface area contributed by atoms with E-state index in [0.717, 1.165) is 12.1 Å². The minimum absolute atomic E-state index is 0.0748. The monoisotopic (exact) mass is 283 g/mol. The standard InChI is InChI=1S/C18H21NO2/c1-3-21-18(20)17-12-8-7-11-16(17)14(2)19-13-15-9-5-4-6-10-15/h4-12,14,19H,3,13H2,1-2H3. The van der Waals surface area contributed by atoms with Crippen molar-refractivity contribution in [3.8, 4) is 0 Å². The molecule has 0 aliphatic carbocycles. The van der Waals surface area contributed by atoms with Crippen LogP contribution in [0.2, 0.25) is 0 Å². The van der Waals surface area contributed by atoms with Crippen molar-refractivity contribution in [2.45, 2.75) is 26.4 Å². The van der Waals surface area contributed by atoms with Gasteiger partial charge in [-0.2, -0.15) is 0 Å². The lowest BCUT2D eigenvalue weighted by Gasteiger charge is -2.17. The summed E-state index contributed by atoms with van der Waals surface area (Å²) in [5.74, 6) is -0.263. The van der Waals surface area contributed by atoms with Crippen LogP contribution in [0.25, 0.3) is 0 Å². The molecule has 1 N–H and O–H groups in total. The van der Waals surface area contributed by atoms with Crippen molar-refractivity contribution in [3.05, 3.63) is 71.3 Å². The van der Waals surface area contributed by atoms with Crippen molar-refractivity contribution >= 4 is 5.97 Å². The molecule has 0 bridgehead atoms. The Balaban J connectivity index is 2.08. The SMILES string of the molecule is CCOC(=O)c1ccccc1C(C)NCc1ccccc1. The van der Waals surface area contributed by atoms with Gasteiger partial charge < -0.3 is 10.1 Å². The topological polar surface area (TPSA) is 38.3 Å². The van der Waals surface area contributed by atoms with Crippen LogP contribution < -0.4 is 5.32 Å². The lowest BCUT2D eigenvalue weighted by molar-refractivity contribution is 0.0524. The van der Waals surface area contributed by atoms with Crippen molar-refractivity contribution in [2.24, 2.45) is 0 Å². The molecule has 0 saturated carbocycles. The Morgan fingerprint density at radius 1 is 1.10 bits per heavy atom. The molecule has 0 saturated heterocycles. The number of nitrogens with one attached hydrogen (secondary N) is 1. The third-order valence-electron chi connectivity index (χ3n) is 3.38. The molecule has 0 fully saturated rings. The van der Waals surface area contributed by atoms with Gasteiger partial charge in [0.1, 0.15) is 0 Å². The van der Waals surface area contributed by atoms with Crippen LogP contribution in [0, 0.1) is 0 Å². The van der Waals surface area contributed by atoms with Crippen molar-refractivity contribution in [3.63, 3.8) is 0 Å². The first-order chi connectivity index (χ1) is 10.2. The zero-order valence-corrected chi connectivity index (χ0v) is 12.5. The lowest BCUT2D eigenvalue weighted by atomic mass is 10.0. The summed E-state index contributed by atoms with van der Waals surface area (Å²) in [6.07, 6.45) is 0. The van der Waals surface area contributed by atoms with Gasteiger partial charge in [-0.15, -0.1) is 0 Å². The van der Waals surface area contributed by atoms with Gasteiger partial charge in [-0.3, -0.25) is 0 Å². The Morgan fingerprint density at radius 3 is 2.48 bits per heavy atom. The van der Waals surface area contributed by atoms with E-state index in [1.807, 2.05) is 49.4 Å². The predicted octanol–water partition coefficient (Wildman–Crippen LogP) is 3.71. The number of carbonyl (C=O) groups excluding carboxylic acids is 1. The molecule has 0 aromatic heterocycles. The van der Waals surface area contributed by atoms with Gasteiger partial charge in [0, 0.05) is 12.6 Å². The first-order valence-corrected chi connectivity index (χ1v) is 7.25. The van der Waals surface area contributed by atoms with Gasteiger partial charge >= 0.3 is 5.97 Å². The number of rotatable bonds is 6. The summed E-state index contributed by atoms with van der Waals surface area (Å²) in [6.45, 7) is 5.02. The van der Waals surface area contributed by atoms with Gasteiger partial charge in [0.25, 0.3) is 0 Å². The van der Waals surface area contributed by atoms with Crippen LogP contribution in [0.3, 0.4) is 0 Å². The summed E-state index contributed by atoms with van der Waals surface area (Å²) < 4.78 is 5.11. The van der Waals surface area contributed by atoms with E-state index in [0.29, 0.717) is 12.2 Å². The normalized spacial score (nSPS) is 11.9. The van der Waals surface area contributed by atoms with E-state index in [1.165, 1.54) is 5.56 Å². The quantitative estimate of drug-likeness (QED) is 0.821. The van der Waals surface area contributed by atoms with E-state index < -0.39 is 0 Å². The highest BCUT2D eigenvalue weighted by Gasteiger charge is 2.16. The first-order valence-electron chi connectivity index (χ1n) is 7.25. The molecule has 21 heavy (non-hydrogen) atoms. The number of esters is 1. The Labute approximate surface area is 126 Å². The number of benzene rings is 2. The maximum Gasteiger partial charge on any atom is 0.338 e. The summed E-state index contributed by atoms with van der Waals surface area (Å²) in [4.78, 5) is 12.0. The molecule has 0 radical (unpaired) electrons. The second-order valence-electron chi connectivity index (χ2n) is 4.90. The zero-order chi connectivity index (χ0) is 15.1.